The number of ether oxygens (including phenoxy) is 1. The van der Waals surface area contributed by atoms with Gasteiger partial charge >= 0.3 is 0 Å². The molecule has 1 aliphatic rings. The summed E-state index contributed by atoms with van der Waals surface area (Å²) < 4.78 is 5.97. The van der Waals surface area contributed by atoms with Crippen molar-refractivity contribution in [3.63, 3.8) is 0 Å². The van der Waals surface area contributed by atoms with Gasteiger partial charge in [-0.2, -0.15) is 0 Å². The summed E-state index contributed by atoms with van der Waals surface area (Å²) in [5.41, 5.74) is 2.86. The quantitative estimate of drug-likeness (QED) is 0.206. The number of rotatable bonds is 11. The molecule has 0 bridgehead atoms. The largest absolute Gasteiger partial charge is 0.439 e. The van der Waals surface area contributed by atoms with Crippen molar-refractivity contribution in [1.82, 2.24) is 0 Å². The van der Waals surface area contributed by atoms with Crippen LogP contribution in [0.3, 0.4) is 0 Å². The molecule has 0 amide bonds. The maximum atomic E-state index is 11.4. The van der Waals surface area contributed by atoms with E-state index in [2.05, 4.69) is 57.0 Å². The lowest BCUT2D eigenvalue weighted by atomic mass is 9.80. The van der Waals surface area contributed by atoms with Crippen molar-refractivity contribution in [2.45, 2.75) is 52.9 Å². The molecule has 2 aromatic carbocycles. The first-order valence-electron chi connectivity index (χ1n) is 12.3. The number of nitrogens with one attached hydrogen (secondary N) is 1. The normalized spacial score (nSPS) is 14.8. The third-order valence-corrected chi connectivity index (χ3v) is 6.16. The Morgan fingerprint density at radius 3 is 2.63 bits per heavy atom. The van der Waals surface area contributed by atoms with Gasteiger partial charge in [-0.25, -0.2) is 0 Å². The zero-order valence-electron chi connectivity index (χ0n) is 21.5. The highest BCUT2D eigenvalue weighted by molar-refractivity contribution is 5.66. The van der Waals surface area contributed by atoms with Crippen LogP contribution in [0, 0.1) is 16.0 Å². The minimum absolute atomic E-state index is 0.121. The van der Waals surface area contributed by atoms with Crippen molar-refractivity contribution in [2.75, 3.05) is 23.3 Å². The Morgan fingerprint density at radius 1 is 1.14 bits per heavy atom. The molecule has 0 aliphatic carbocycles. The first-order valence-corrected chi connectivity index (χ1v) is 12.3. The van der Waals surface area contributed by atoms with Crippen LogP contribution in [0.5, 0.6) is 5.75 Å². The van der Waals surface area contributed by atoms with Gasteiger partial charge in [0.2, 0.25) is 5.88 Å². The van der Waals surface area contributed by atoms with E-state index < -0.39 is 0 Å². The van der Waals surface area contributed by atoms with Crippen LogP contribution in [0.4, 0.5) is 17.1 Å². The van der Waals surface area contributed by atoms with Gasteiger partial charge in [0.05, 0.1) is 10.6 Å². The summed E-state index contributed by atoms with van der Waals surface area (Å²) in [6.07, 6.45) is 11.8. The molecular weight excluding hydrogens is 438 g/mol. The molecule has 0 aromatic heterocycles. The Labute approximate surface area is 209 Å². The van der Waals surface area contributed by atoms with Crippen LogP contribution in [0.1, 0.15) is 53.0 Å². The van der Waals surface area contributed by atoms with Crippen LogP contribution in [-0.4, -0.2) is 18.0 Å². The van der Waals surface area contributed by atoms with Crippen molar-refractivity contribution in [2.24, 2.45) is 5.92 Å². The lowest BCUT2D eigenvalue weighted by Crippen LogP contribution is -2.19. The summed E-state index contributed by atoms with van der Waals surface area (Å²) in [5, 5.41) is 14.9. The van der Waals surface area contributed by atoms with Gasteiger partial charge in [0.25, 0.3) is 5.69 Å². The molecule has 2 aromatic rings. The summed E-state index contributed by atoms with van der Waals surface area (Å²) in [7, 11) is 0. The number of hydrogen-bond acceptors (Lipinski definition) is 5. The molecule has 35 heavy (non-hydrogen) atoms. The second kappa shape index (κ2) is 11.7. The standard InChI is InChI=1S/C29H37N3O3/c1-6-31-26-13-10-11-14-27(26)35-28(31)15-9-7-8-12-19-29(4,5)24-21-23(32(33)34)16-17-25(24)30-20-18-22(2)3/h7-17,21-22,30H,6,18-20H2,1-5H3/b9-7+,12-8+,28-15-. The van der Waals surface area contributed by atoms with Crippen LogP contribution in [-0.2, 0) is 5.41 Å². The Hall–Kier alpha value is -3.54. The van der Waals surface area contributed by atoms with E-state index in [4.69, 9.17) is 4.74 Å². The zero-order valence-corrected chi connectivity index (χ0v) is 21.5. The van der Waals surface area contributed by atoms with Gasteiger partial charge < -0.3 is 15.0 Å². The zero-order chi connectivity index (χ0) is 25.4. The number of nitrogens with zero attached hydrogens (tertiary/aromatic N) is 2. The summed E-state index contributed by atoms with van der Waals surface area (Å²) in [4.78, 5) is 13.2. The molecule has 0 fully saturated rings. The van der Waals surface area contributed by atoms with Crippen molar-refractivity contribution in [1.29, 1.82) is 0 Å². The lowest BCUT2D eigenvalue weighted by molar-refractivity contribution is -0.384. The monoisotopic (exact) mass is 475 g/mol. The first kappa shape index (κ1) is 26.1. The van der Waals surface area contributed by atoms with Crippen molar-refractivity contribution >= 4 is 17.1 Å². The van der Waals surface area contributed by atoms with Crippen LogP contribution in [0.25, 0.3) is 0 Å². The van der Waals surface area contributed by atoms with E-state index in [9.17, 15) is 10.1 Å². The Bertz CT molecular complexity index is 1120. The molecular formula is C29H37N3O3. The molecule has 0 atom stereocenters. The summed E-state index contributed by atoms with van der Waals surface area (Å²) in [5.74, 6) is 2.28. The molecule has 0 saturated carbocycles. The highest BCUT2D eigenvalue weighted by Gasteiger charge is 2.25. The van der Waals surface area contributed by atoms with Crippen molar-refractivity contribution < 1.29 is 9.66 Å². The number of allylic oxidation sites excluding steroid dienone is 5. The smallest absolute Gasteiger partial charge is 0.269 e. The summed E-state index contributed by atoms with van der Waals surface area (Å²) in [6, 6.07) is 13.1. The Balaban J connectivity index is 1.68. The Kier molecular flexibility index (Phi) is 8.74. The second-order valence-corrected chi connectivity index (χ2v) is 9.82. The fraction of sp³-hybridized carbons (Fsp3) is 0.379. The maximum absolute atomic E-state index is 11.4. The van der Waals surface area contributed by atoms with E-state index in [-0.39, 0.29) is 16.0 Å². The van der Waals surface area contributed by atoms with Crippen LogP contribution >= 0.6 is 0 Å². The average Bonchev–Trinajstić information content (AvgIpc) is 3.18. The molecule has 0 saturated heterocycles. The maximum Gasteiger partial charge on any atom is 0.269 e. The molecule has 186 valence electrons. The highest BCUT2D eigenvalue weighted by Crippen LogP contribution is 2.38. The molecule has 3 rings (SSSR count). The van der Waals surface area contributed by atoms with Gasteiger partial charge in [0.1, 0.15) is 0 Å². The summed E-state index contributed by atoms with van der Waals surface area (Å²) >= 11 is 0. The third kappa shape index (κ3) is 6.75. The predicted molar refractivity (Wildman–Crippen MR) is 145 cm³/mol. The number of benzene rings is 2. The van der Waals surface area contributed by atoms with E-state index in [1.165, 1.54) is 0 Å². The number of fused-ring (bicyclic) bond motifs is 1. The number of nitro groups is 1. The summed E-state index contributed by atoms with van der Waals surface area (Å²) in [6.45, 7) is 12.4. The van der Waals surface area contributed by atoms with E-state index in [1.54, 1.807) is 12.1 Å². The molecule has 1 heterocycles. The number of para-hydroxylation sites is 2. The van der Waals surface area contributed by atoms with Gasteiger partial charge in [-0.15, -0.1) is 0 Å². The van der Waals surface area contributed by atoms with Crippen molar-refractivity contribution in [3.05, 3.63) is 94.4 Å². The minimum atomic E-state index is -0.327. The Morgan fingerprint density at radius 2 is 1.91 bits per heavy atom. The minimum Gasteiger partial charge on any atom is -0.439 e. The molecule has 0 unspecified atom stereocenters. The van der Waals surface area contributed by atoms with Gasteiger partial charge in [-0.3, -0.25) is 10.1 Å². The van der Waals surface area contributed by atoms with Crippen molar-refractivity contribution in [3.8, 4) is 5.75 Å². The number of non-ortho nitro benzene ring substituents is 1. The van der Waals surface area contributed by atoms with Crippen LogP contribution < -0.4 is 15.0 Å². The lowest BCUT2D eigenvalue weighted by Gasteiger charge is -2.27. The average molecular weight is 476 g/mol. The van der Waals surface area contributed by atoms with Crippen LogP contribution in [0.2, 0.25) is 0 Å². The predicted octanol–water partition coefficient (Wildman–Crippen LogP) is 7.59. The topological polar surface area (TPSA) is 67.6 Å². The first-order chi connectivity index (χ1) is 16.7. The van der Waals surface area contributed by atoms with Gasteiger partial charge in [0.15, 0.2) is 5.75 Å². The number of anilines is 2. The molecule has 0 spiro atoms. The molecule has 6 nitrogen and oxygen atoms in total. The fourth-order valence-electron chi connectivity index (χ4n) is 4.11. The van der Waals surface area contributed by atoms with Gasteiger partial charge in [-0.1, -0.05) is 64.1 Å². The molecule has 0 radical (unpaired) electrons. The highest BCUT2D eigenvalue weighted by atomic mass is 16.6. The van der Waals surface area contributed by atoms with E-state index >= 15 is 0 Å². The van der Waals surface area contributed by atoms with Gasteiger partial charge in [0, 0.05) is 30.9 Å². The fourth-order valence-corrected chi connectivity index (χ4v) is 4.11. The van der Waals surface area contributed by atoms with Gasteiger partial charge in [-0.05, 0) is 60.9 Å². The molecule has 1 aliphatic heterocycles. The van der Waals surface area contributed by atoms with E-state index in [0.717, 1.165) is 54.5 Å². The third-order valence-electron chi connectivity index (χ3n) is 6.16. The second-order valence-electron chi connectivity index (χ2n) is 9.82. The molecule has 6 heteroatoms. The van der Waals surface area contributed by atoms with E-state index in [1.807, 2.05) is 48.6 Å². The SMILES string of the molecule is CCN1/C(=C/C=C/C=C/CC(C)(C)c2cc([N+](=O)[O-])ccc2NCCC(C)C)Oc2ccccc21. The molecule has 1 N–H and O–H groups in total. The number of hydrogen-bond donors (Lipinski definition) is 1. The number of nitro benzene ring substituents is 1. The van der Waals surface area contributed by atoms with E-state index in [0.29, 0.717) is 5.92 Å². The van der Waals surface area contributed by atoms with Crippen LogP contribution in [0.15, 0.2) is 78.7 Å².